The quantitative estimate of drug-likeness (QED) is 0.680. The second-order valence-electron chi connectivity index (χ2n) is 5.40. The standard InChI is InChI=1S/C13H28N2/c1-11-9-15(10-12(11)2)8-6-5-7-13(3)14-4/h11-14H,5-10H2,1-4H3. The van der Waals surface area contributed by atoms with E-state index in [2.05, 4.69) is 38.0 Å². The van der Waals surface area contributed by atoms with E-state index < -0.39 is 0 Å². The zero-order chi connectivity index (χ0) is 11.3. The van der Waals surface area contributed by atoms with Gasteiger partial charge in [0.2, 0.25) is 0 Å². The van der Waals surface area contributed by atoms with Gasteiger partial charge in [0, 0.05) is 19.1 Å². The van der Waals surface area contributed by atoms with Crippen molar-refractivity contribution in [2.45, 2.75) is 46.1 Å². The van der Waals surface area contributed by atoms with E-state index in [9.17, 15) is 0 Å². The molecule has 2 nitrogen and oxygen atoms in total. The summed E-state index contributed by atoms with van der Waals surface area (Å²) in [6.45, 7) is 11.0. The molecule has 0 aromatic rings. The van der Waals surface area contributed by atoms with Crippen LogP contribution in [0.4, 0.5) is 0 Å². The predicted octanol–water partition coefficient (Wildman–Crippen LogP) is 2.35. The van der Waals surface area contributed by atoms with E-state index in [1.807, 2.05) is 0 Å². The van der Waals surface area contributed by atoms with Crippen LogP contribution in [0.3, 0.4) is 0 Å². The number of hydrogen-bond donors (Lipinski definition) is 1. The fourth-order valence-electron chi connectivity index (χ4n) is 2.36. The van der Waals surface area contributed by atoms with Crippen LogP contribution in [0.25, 0.3) is 0 Å². The maximum absolute atomic E-state index is 3.29. The number of rotatable bonds is 6. The minimum absolute atomic E-state index is 0.682. The summed E-state index contributed by atoms with van der Waals surface area (Å²) in [7, 11) is 2.05. The molecular weight excluding hydrogens is 184 g/mol. The van der Waals surface area contributed by atoms with Crippen LogP contribution in [0, 0.1) is 11.8 Å². The van der Waals surface area contributed by atoms with Gasteiger partial charge in [0.15, 0.2) is 0 Å². The fraction of sp³-hybridized carbons (Fsp3) is 1.00. The number of hydrogen-bond acceptors (Lipinski definition) is 2. The van der Waals surface area contributed by atoms with E-state index >= 15 is 0 Å². The monoisotopic (exact) mass is 212 g/mol. The third kappa shape index (κ3) is 4.52. The summed E-state index contributed by atoms with van der Waals surface area (Å²) in [5.74, 6) is 1.81. The number of unbranched alkanes of at least 4 members (excludes halogenated alkanes) is 1. The van der Waals surface area contributed by atoms with Crippen molar-refractivity contribution >= 4 is 0 Å². The zero-order valence-corrected chi connectivity index (χ0v) is 10.9. The molecule has 1 rings (SSSR count). The van der Waals surface area contributed by atoms with Gasteiger partial charge in [-0.25, -0.2) is 0 Å². The van der Waals surface area contributed by atoms with E-state index in [1.165, 1.54) is 38.9 Å². The summed E-state index contributed by atoms with van der Waals surface area (Å²) in [6, 6.07) is 0.682. The third-order valence-corrected chi connectivity index (χ3v) is 3.92. The van der Waals surface area contributed by atoms with Crippen LogP contribution in [-0.2, 0) is 0 Å². The van der Waals surface area contributed by atoms with Gasteiger partial charge in [-0.2, -0.15) is 0 Å². The first-order valence-electron chi connectivity index (χ1n) is 6.53. The largest absolute Gasteiger partial charge is 0.317 e. The normalized spacial score (nSPS) is 29.6. The maximum Gasteiger partial charge on any atom is 0.00357 e. The van der Waals surface area contributed by atoms with E-state index in [0.717, 1.165) is 11.8 Å². The van der Waals surface area contributed by atoms with Gasteiger partial charge in [-0.05, 0) is 45.2 Å². The summed E-state index contributed by atoms with van der Waals surface area (Å²) in [4.78, 5) is 2.64. The molecule has 1 N–H and O–H groups in total. The lowest BCUT2D eigenvalue weighted by atomic mass is 10.0. The molecule has 3 unspecified atom stereocenters. The Kier molecular flexibility index (Phi) is 5.62. The van der Waals surface area contributed by atoms with E-state index in [-0.39, 0.29) is 0 Å². The molecule has 0 aromatic carbocycles. The molecule has 0 bridgehead atoms. The molecule has 3 atom stereocenters. The number of nitrogens with zero attached hydrogens (tertiary/aromatic N) is 1. The van der Waals surface area contributed by atoms with Crippen molar-refractivity contribution in [3.8, 4) is 0 Å². The van der Waals surface area contributed by atoms with Crippen molar-refractivity contribution in [1.82, 2.24) is 10.2 Å². The van der Waals surface area contributed by atoms with Gasteiger partial charge in [0.25, 0.3) is 0 Å². The Hall–Kier alpha value is -0.0800. The van der Waals surface area contributed by atoms with Crippen molar-refractivity contribution < 1.29 is 0 Å². The van der Waals surface area contributed by atoms with Crippen molar-refractivity contribution in [3.05, 3.63) is 0 Å². The molecule has 0 amide bonds. The highest BCUT2D eigenvalue weighted by Crippen LogP contribution is 2.22. The van der Waals surface area contributed by atoms with E-state index in [4.69, 9.17) is 0 Å². The minimum atomic E-state index is 0.682. The van der Waals surface area contributed by atoms with Crippen molar-refractivity contribution in [1.29, 1.82) is 0 Å². The van der Waals surface area contributed by atoms with Crippen LogP contribution in [-0.4, -0.2) is 37.6 Å². The highest BCUT2D eigenvalue weighted by Gasteiger charge is 2.24. The fourth-order valence-corrected chi connectivity index (χ4v) is 2.36. The van der Waals surface area contributed by atoms with Crippen molar-refractivity contribution in [2.75, 3.05) is 26.7 Å². The molecule has 15 heavy (non-hydrogen) atoms. The maximum atomic E-state index is 3.29. The van der Waals surface area contributed by atoms with Crippen molar-refractivity contribution in [2.24, 2.45) is 11.8 Å². The molecule has 1 aliphatic heterocycles. The molecule has 2 heteroatoms. The predicted molar refractivity (Wildman–Crippen MR) is 67.1 cm³/mol. The van der Waals surface area contributed by atoms with Crippen LogP contribution >= 0.6 is 0 Å². The first kappa shape index (κ1) is 13.0. The van der Waals surface area contributed by atoms with Gasteiger partial charge in [0.05, 0.1) is 0 Å². The Labute approximate surface area is 95.4 Å². The molecule has 90 valence electrons. The first-order valence-corrected chi connectivity index (χ1v) is 6.53. The van der Waals surface area contributed by atoms with Crippen LogP contribution in [0.1, 0.15) is 40.0 Å². The molecule has 0 radical (unpaired) electrons. The molecule has 0 saturated carbocycles. The third-order valence-electron chi connectivity index (χ3n) is 3.92. The molecule has 1 heterocycles. The summed E-state index contributed by atoms with van der Waals surface area (Å²) in [6.07, 6.45) is 4.04. The average molecular weight is 212 g/mol. The Morgan fingerprint density at radius 3 is 2.33 bits per heavy atom. The highest BCUT2D eigenvalue weighted by atomic mass is 15.1. The van der Waals surface area contributed by atoms with Crippen LogP contribution in [0.5, 0.6) is 0 Å². The summed E-state index contributed by atoms with van der Waals surface area (Å²) in [5.41, 5.74) is 0. The molecule has 0 spiro atoms. The SMILES string of the molecule is CNC(C)CCCCN1CC(C)C(C)C1. The van der Waals surface area contributed by atoms with Gasteiger partial charge >= 0.3 is 0 Å². The highest BCUT2D eigenvalue weighted by molar-refractivity contribution is 4.78. The van der Waals surface area contributed by atoms with Gasteiger partial charge in [-0.15, -0.1) is 0 Å². The lowest BCUT2D eigenvalue weighted by Crippen LogP contribution is -2.24. The summed E-state index contributed by atoms with van der Waals surface area (Å²) in [5, 5.41) is 3.29. The first-order chi connectivity index (χ1) is 7.13. The number of likely N-dealkylation sites (tertiary alicyclic amines) is 1. The van der Waals surface area contributed by atoms with Gasteiger partial charge < -0.3 is 10.2 Å². The lowest BCUT2D eigenvalue weighted by Gasteiger charge is -2.16. The van der Waals surface area contributed by atoms with E-state index in [1.54, 1.807) is 0 Å². The minimum Gasteiger partial charge on any atom is -0.317 e. The smallest absolute Gasteiger partial charge is 0.00357 e. The van der Waals surface area contributed by atoms with Gasteiger partial charge in [0.1, 0.15) is 0 Å². The number of nitrogens with one attached hydrogen (secondary N) is 1. The zero-order valence-electron chi connectivity index (χ0n) is 10.9. The van der Waals surface area contributed by atoms with Crippen LogP contribution < -0.4 is 5.32 Å². The summed E-state index contributed by atoms with van der Waals surface area (Å²) < 4.78 is 0. The molecule has 0 aliphatic carbocycles. The van der Waals surface area contributed by atoms with Crippen molar-refractivity contribution in [3.63, 3.8) is 0 Å². The summed E-state index contributed by atoms with van der Waals surface area (Å²) >= 11 is 0. The molecule has 1 fully saturated rings. The second kappa shape index (κ2) is 6.49. The van der Waals surface area contributed by atoms with E-state index in [0.29, 0.717) is 6.04 Å². The molecule has 0 aromatic heterocycles. The average Bonchev–Trinajstić information content (AvgIpc) is 2.53. The second-order valence-corrected chi connectivity index (χ2v) is 5.40. The van der Waals surface area contributed by atoms with Crippen LogP contribution in [0.15, 0.2) is 0 Å². The Bertz CT molecular complexity index is 160. The molecule has 1 saturated heterocycles. The van der Waals surface area contributed by atoms with Crippen LogP contribution in [0.2, 0.25) is 0 Å². The molecule has 1 aliphatic rings. The lowest BCUT2D eigenvalue weighted by molar-refractivity contribution is 0.312. The Balaban J connectivity index is 2.01. The van der Waals surface area contributed by atoms with Gasteiger partial charge in [-0.1, -0.05) is 20.3 Å². The topological polar surface area (TPSA) is 15.3 Å². The molecular formula is C13H28N2. The van der Waals surface area contributed by atoms with Gasteiger partial charge in [-0.3, -0.25) is 0 Å². The Morgan fingerprint density at radius 1 is 1.20 bits per heavy atom. The Morgan fingerprint density at radius 2 is 1.80 bits per heavy atom.